The first-order valence-corrected chi connectivity index (χ1v) is 8.52. The number of benzene rings is 1. The summed E-state index contributed by atoms with van der Waals surface area (Å²) in [6.45, 7) is 4.92. The first kappa shape index (κ1) is 16.3. The van der Waals surface area contributed by atoms with E-state index in [-0.39, 0.29) is 11.9 Å². The van der Waals surface area contributed by atoms with E-state index < -0.39 is 0 Å². The van der Waals surface area contributed by atoms with Crippen molar-refractivity contribution in [2.75, 3.05) is 0 Å². The van der Waals surface area contributed by atoms with E-state index in [1.54, 1.807) is 0 Å². The van der Waals surface area contributed by atoms with Gasteiger partial charge < -0.3 is 9.88 Å². The van der Waals surface area contributed by atoms with Gasteiger partial charge in [0.15, 0.2) is 0 Å². The third kappa shape index (κ3) is 4.20. The van der Waals surface area contributed by atoms with Crippen molar-refractivity contribution in [2.24, 2.45) is 0 Å². The molecule has 0 radical (unpaired) electrons. The number of aromatic nitrogens is 1. The van der Waals surface area contributed by atoms with E-state index in [1.165, 1.54) is 0 Å². The average molecular weight is 414 g/mol. The van der Waals surface area contributed by atoms with E-state index in [9.17, 15) is 4.79 Å². The summed E-state index contributed by atoms with van der Waals surface area (Å²) >= 11 is 6.85. The number of amides is 1. The molecule has 1 atom stereocenters. The monoisotopic (exact) mass is 412 g/mol. The van der Waals surface area contributed by atoms with Crippen LogP contribution in [0.3, 0.4) is 0 Å². The number of nitrogens with one attached hydrogen (secondary N) is 1. The topological polar surface area (TPSA) is 34.0 Å². The summed E-state index contributed by atoms with van der Waals surface area (Å²) in [5.41, 5.74) is 1.77. The van der Waals surface area contributed by atoms with Crippen molar-refractivity contribution >= 4 is 37.8 Å². The Kier molecular flexibility index (Phi) is 5.65. The molecule has 3 nitrogen and oxygen atoms in total. The normalized spacial score (nSPS) is 12.2. The number of carbonyl (C=O) groups is 1. The summed E-state index contributed by atoms with van der Waals surface area (Å²) in [5.74, 6) is -0.0513. The molecule has 21 heavy (non-hydrogen) atoms. The highest BCUT2D eigenvalue weighted by Crippen LogP contribution is 2.19. The minimum atomic E-state index is -0.0513. The van der Waals surface area contributed by atoms with Crippen LogP contribution in [-0.4, -0.2) is 10.5 Å². The van der Waals surface area contributed by atoms with E-state index in [1.807, 2.05) is 48.0 Å². The number of hydrogen-bond donors (Lipinski definition) is 1. The van der Waals surface area contributed by atoms with Gasteiger partial charge in [-0.1, -0.05) is 35.0 Å². The van der Waals surface area contributed by atoms with E-state index >= 15 is 0 Å². The minimum absolute atomic E-state index is 0.0330. The Morgan fingerprint density at radius 1 is 1.24 bits per heavy atom. The number of halogens is 2. The van der Waals surface area contributed by atoms with Crippen LogP contribution in [0.25, 0.3) is 0 Å². The second kappa shape index (κ2) is 7.27. The molecule has 1 amide bonds. The highest BCUT2D eigenvalue weighted by molar-refractivity contribution is 9.10. The summed E-state index contributed by atoms with van der Waals surface area (Å²) < 4.78 is 3.94. The Balaban J connectivity index is 2.12. The summed E-state index contributed by atoms with van der Waals surface area (Å²) in [5, 5.41) is 3.05. The lowest BCUT2D eigenvalue weighted by atomic mass is 10.1. The molecule has 5 heteroatoms. The number of hydrogen-bond acceptors (Lipinski definition) is 1. The third-order valence-corrected chi connectivity index (χ3v) is 4.24. The van der Waals surface area contributed by atoms with Crippen molar-refractivity contribution in [1.82, 2.24) is 9.88 Å². The first-order valence-electron chi connectivity index (χ1n) is 6.93. The van der Waals surface area contributed by atoms with Crippen LogP contribution in [0, 0.1) is 0 Å². The molecule has 0 bridgehead atoms. The van der Waals surface area contributed by atoms with Crippen LogP contribution in [0.15, 0.2) is 45.5 Å². The predicted molar refractivity (Wildman–Crippen MR) is 92.4 cm³/mol. The van der Waals surface area contributed by atoms with Crippen LogP contribution < -0.4 is 5.32 Å². The van der Waals surface area contributed by atoms with E-state index in [0.29, 0.717) is 5.69 Å². The number of carbonyl (C=O) groups excluding carboxylic acids is 1. The highest BCUT2D eigenvalue weighted by atomic mass is 79.9. The minimum Gasteiger partial charge on any atom is -0.344 e. The molecule has 1 unspecified atom stereocenters. The van der Waals surface area contributed by atoms with E-state index in [0.717, 1.165) is 27.5 Å². The molecule has 2 aromatic rings. The Morgan fingerprint density at radius 3 is 2.52 bits per heavy atom. The third-order valence-electron chi connectivity index (χ3n) is 3.28. The van der Waals surface area contributed by atoms with Gasteiger partial charge in [-0.2, -0.15) is 0 Å². The van der Waals surface area contributed by atoms with E-state index in [2.05, 4.69) is 44.1 Å². The fourth-order valence-corrected chi connectivity index (χ4v) is 2.92. The number of rotatable bonds is 5. The van der Waals surface area contributed by atoms with Gasteiger partial charge in [0, 0.05) is 21.7 Å². The van der Waals surface area contributed by atoms with Gasteiger partial charge in [0.05, 0.1) is 6.04 Å². The van der Waals surface area contributed by atoms with Gasteiger partial charge in [0.1, 0.15) is 5.69 Å². The zero-order chi connectivity index (χ0) is 15.4. The summed E-state index contributed by atoms with van der Waals surface area (Å²) in [7, 11) is 0. The van der Waals surface area contributed by atoms with Crippen molar-refractivity contribution in [3.63, 3.8) is 0 Å². The van der Waals surface area contributed by atoms with Crippen LogP contribution in [-0.2, 0) is 6.54 Å². The van der Waals surface area contributed by atoms with Crippen molar-refractivity contribution in [3.8, 4) is 0 Å². The lowest BCUT2D eigenvalue weighted by molar-refractivity contribution is 0.0930. The quantitative estimate of drug-likeness (QED) is 0.741. The molecule has 0 saturated carbocycles. The lowest BCUT2D eigenvalue weighted by Crippen LogP contribution is -2.28. The maximum atomic E-state index is 12.4. The lowest BCUT2D eigenvalue weighted by Gasteiger charge is -2.15. The fourth-order valence-electron chi connectivity index (χ4n) is 2.20. The maximum Gasteiger partial charge on any atom is 0.268 e. The molecule has 1 aromatic heterocycles. The standard InChI is InChI=1S/C16H18Br2N2O/c1-3-8-20-10-14(18)9-15(20)16(21)19-11(2)12-4-6-13(17)7-5-12/h4-7,9-11H,3,8H2,1-2H3,(H,19,21). The van der Waals surface area contributed by atoms with Gasteiger partial charge >= 0.3 is 0 Å². The van der Waals surface area contributed by atoms with Crippen LogP contribution in [0.1, 0.15) is 42.4 Å². The molecule has 0 aliphatic heterocycles. The van der Waals surface area contributed by atoms with Gasteiger partial charge in [0.2, 0.25) is 0 Å². The molecule has 0 aliphatic carbocycles. The van der Waals surface area contributed by atoms with Gasteiger partial charge in [-0.3, -0.25) is 4.79 Å². The zero-order valence-corrected chi connectivity index (χ0v) is 15.2. The molecular weight excluding hydrogens is 396 g/mol. The van der Waals surface area contributed by atoms with Crippen LogP contribution >= 0.6 is 31.9 Å². The molecule has 0 saturated heterocycles. The van der Waals surface area contributed by atoms with Gasteiger partial charge in [-0.05, 0) is 53.0 Å². The van der Waals surface area contributed by atoms with Crippen LogP contribution in [0.4, 0.5) is 0 Å². The summed E-state index contributed by atoms with van der Waals surface area (Å²) in [4.78, 5) is 12.4. The second-order valence-corrected chi connectivity index (χ2v) is 6.82. The molecule has 1 heterocycles. The largest absolute Gasteiger partial charge is 0.344 e. The number of aryl methyl sites for hydroxylation is 1. The smallest absolute Gasteiger partial charge is 0.268 e. The number of nitrogens with zero attached hydrogens (tertiary/aromatic N) is 1. The van der Waals surface area contributed by atoms with Gasteiger partial charge in [0.25, 0.3) is 5.91 Å². The molecule has 112 valence electrons. The highest BCUT2D eigenvalue weighted by Gasteiger charge is 2.15. The SMILES string of the molecule is CCCn1cc(Br)cc1C(=O)NC(C)c1ccc(Br)cc1. The molecule has 0 fully saturated rings. The molecule has 1 aromatic carbocycles. The molecular formula is C16H18Br2N2O. The fraction of sp³-hybridized carbons (Fsp3) is 0.312. The van der Waals surface area contributed by atoms with Crippen molar-refractivity contribution < 1.29 is 4.79 Å². The summed E-state index contributed by atoms with van der Waals surface area (Å²) in [6.07, 6.45) is 2.94. The zero-order valence-electron chi connectivity index (χ0n) is 12.1. The molecule has 0 spiro atoms. The molecule has 0 aliphatic rings. The Bertz CT molecular complexity index is 620. The van der Waals surface area contributed by atoms with Crippen LogP contribution in [0.5, 0.6) is 0 Å². The summed E-state index contributed by atoms with van der Waals surface area (Å²) in [6, 6.07) is 9.81. The van der Waals surface area contributed by atoms with Gasteiger partial charge in [-0.15, -0.1) is 0 Å². The predicted octanol–water partition coefficient (Wildman–Crippen LogP) is 4.91. The van der Waals surface area contributed by atoms with E-state index in [4.69, 9.17) is 0 Å². The van der Waals surface area contributed by atoms with Gasteiger partial charge in [-0.25, -0.2) is 0 Å². The second-order valence-electron chi connectivity index (χ2n) is 4.98. The molecule has 1 N–H and O–H groups in total. The first-order chi connectivity index (χ1) is 10.0. The Hall–Kier alpha value is -1.07. The van der Waals surface area contributed by atoms with Crippen molar-refractivity contribution in [2.45, 2.75) is 32.9 Å². The molecule has 2 rings (SSSR count). The van der Waals surface area contributed by atoms with Crippen molar-refractivity contribution in [3.05, 3.63) is 56.7 Å². The Labute approximate surface area is 142 Å². The van der Waals surface area contributed by atoms with Crippen molar-refractivity contribution in [1.29, 1.82) is 0 Å². The maximum absolute atomic E-state index is 12.4. The average Bonchev–Trinajstić information content (AvgIpc) is 2.81. The van der Waals surface area contributed by atoms with Crippen LogP contribution in [0.2, 0.25) is 0 Å². The Morgan fingerprint density at radius 2 is 1.90 bits per heavy atom.